The third-order valence-corrected chi connectivity index (χ3v) is 6.62. The fraction of sp³-hybridized carbons (Fsp3) is 0.346. The van der Waals surface area contributed by atoms with Gasteiger partial charge in [0.05, 0.1) is 12.6 Å². The van der Waals surface area contributed by atoms with Gasteiger partial charge < -0.3 is 10.6 Å². The van der Waals surface area contributed by atoms with Crippen LogP contribution < -0.4 is 11.3 Å². The Morgan fingerprint density at radius 1 is 1.18 bits per heavy atom. The summed E-state index contributed by atoms with van der Waals surface area (Å²) in [6.45, 7) is 3.12. The molecule has 0 bridgehead atoms. The van der Waals surface area contributed by atoms with Gasteiger partial charge in [-0.05, 0) is 55.0 Å². The Balaban J connectivity index is 1.77. The maximum atomic E-state index is 13.5. The van der Waals surface area contributed by atoms with Gasteiger partial charge in [0.15, 0.2) is 0 Å². The van der Waals surface area contributed by atoms with Crippen LogP contribution in [0.25, 0.3) is 0 Å². The fourth-order valence-corrected chi connectivity index (χ4v) is 4.48. The zero-order chi connectivity index (χ0) is 23.4. The highest BCUT2D eigenvalue weighted by Gasteiger charge is 2.32. The molecule has 1 saturated carbocycles. The molecule has 1 aliphatic carbocycles. The zero-order valence-electron chi connectivity index (χ0n) is 18.8. The molecule has 1 heterocycles. The van der Waals surface area contributed by atoms with E-state index >= 15 is 0 Å². The van der Waals surface area contributed by atoms with Crippen molar-refractivity contribution < 1.29 is 4.79 Å². The Hall–Kier alpha value is -2.77. The summed E-state index contributed by atoms with van der Waals surface area (Å²) in [4.78, 5) is 33.6. The van der Waals surface area contributed by atoms with E-state index in [1.807, 2.05) is 49.4 Å². The molecule has 1 amide bonds. The first-order valence-corrected chi connectivity index (χ1v) is 12.2. The van der Waals surface area contributed by atoms with Crippen LogP contribution in [0.1, 0.15) is 65.5 Å². The van der Waals surface area contributed by atoms with Crippen molar-refractivity contribution in [2.45, 2.75) is 44.7 Å². The van der Waals surface area contributed by atoms with Crippen LogP contribution >= 0.6 is 15.9 Å². The summed E-state index contributed by atoms with van der Waals surface area (Å²) < 4.78 is 2.67. The van der Waals surface area contributed by atoms with Gasteiger partial charge in [-0.1, -0.05) is 53.2 Å². The molecule has 1 atom stereocenters. The zero-order valence-corrected chi connectivity index (χ0v) is 20.4. The first-order valence-electron chi connectivity index (χ1n) is 11.4. The Morgan fingerprint density at radius 2 is 1.88 bits per heavy atom. The van der Waals surface area contributed by atoms with Crippen LogP contribution in [-0.4, -0.2) is 33.4 Å². The van der Waals surface area contributed by atoms with Crippen molar-refractivity contribution in [1.82, 2.24) is 14.5 Å². The maximum absolute atomic E-state index is 13.5. The molecule has 2 N–H and O–H groups in total. The van der Waals surface area contributed by atoms with Crippen LogP contribution in [0.5, 0.6) is 0 Å². The summed E-state index contributed by atoms with van der Waals surface area (Å²) in [5.41, 5.74) is 8.28. The predicted molar refractivity (Wildman–Crippen MR) is 133 cm³/mol. The van der Waals surface area contributed by atoms with Gasteiger partial charge in [-0.25, -0.2) is 4.98 Å². The lowest BCUT2D eigenvalue weighted by Crippen LogP contribution is -2.41. The molecule has 0 spiro atoms. The van der Waals surface area contributed by atoms with Crippen molar-refractivity contribution in [3.63, 3.8) is 0 Å². The number of carbonyl (C=O) groups is 1. The molecule has 1 fully saturated rings. The molecule has 4 rings (SSSR count). The molecular weight excluding hydrogens is 480 g/mol. The molecule has 7 heteroatoms. The van der Waals surface area contributed by atoms with Crippen molar-refractivity contribution >= 4 is 21.8 Å². The summed E-state index contributed by atoms with van der Waals surface area (Å²) in [6.07, 6.45) is 4.40. The van der Waals surface area contributed by atoms with Crippen molar-refractivity contribution in [2.24, 2.45) is 5.73 Å². The van der Waals surface area contributed by atoms with E-state index in [9.17, 15) is 9.59 Å². The summed E-state index contributed by atoms with van der Waals surface area (Å²) in [5, 5.41) is 0. The first-order chi connectivity index (χ1) is 16.0. The minimum Gasteiger partial charge on any atom is -0.329 e. The predicted octanol–water partition coefficient (Wildman–Crippen LogP) is 4.48. The highest BCUT2D eigenvalue weighted by Crippen LogP contribution is 2.38. The molecule has 0 aliphatic heterocycles. The number of halogens is 1. The number of carbonyl (C=O) groups excluding carboxylic acids is 1. The van der Waals surface area contributed by atoms with E-state index in [1.165, 1.54) is 0 Å². The number of nitrogens with two attached hydrogens (primary N) is 1. The molecule has 33 heavy (non-hydrogen) atoms. The Kier molecular flexibility index (Phi) is 7.40. The standard InChI is InChI=1S/C26H29BrN4O2/c1-2-23(30(15-14-28)25(32)20-10-12-21(27)13-11-20)24-29-16-22(19-8-9-19)26(33)31(24)17-18-6-4-3-5-7-18/h3-7,10-13,16,19,23H,2,8-9,14-15,17,28H2,1H3. The van der Waals surface area contributed by atoms with Crippen molar-refractivity contribution in [3.8, 4) is 0 Å². The Morgan fingerprint density at radius 3 is 2.48 bits per heavy atom. The molecule has 3 aromatic rings. The second-order valence-electron chi connectivity index (χ2n) is 8.44. The number of benzene rings is 2. The van der Waals surface area contributed by atoms with Crippen LogP contribution in [-0.2, 0) is 6.54 Å². The smallest absolute Gasteiger partial charge is 0.257 e. The molecule has 0 radical (unpaired) electrons. The van der Waals surface area contributed by atoms with Gasteiger partial charge in [0.25, 0.3) is 11.5 Å². The summed E-state index contributed by atoms with van der Waals surface area (Å²) in [6, 6.07) is 16.8. The third-order valence-electron chi connectivity index (χ3n) is 6.09. The van der Waals surface area contributed by atoms with Crippen LogP contribution in [0, 0.1) is 0 Å². The van der Waals surface area contributed by atoms with Gasteiger partial charge >= 0.3 is 0 Å². The number of nitrogens with zero attached hydrogens (tertiary/aromatic N) is 3. The van der Waals surface area contributed by atoms with E-state index in [4.69, 9.17) is 10.7 Å². The van der Waals surface area contributed by atoms with E-state index < -0.39 is 0 Å². The first kappa shape index (κ1) is 23.4. The van der Waals surface area contributed by atoms with Gasteiger partial charge in [0.2, 0.25) is 0 Å². The number of amides is 1. The molecule has 2 aromatic carbocycles. The average Bonchev–Trinajstić information content (AvgIpc) is 3.67. The van der Waals surface area contributed by atoms with E-state index in [2.05, 4.69) is 15.9 Å². The lowest BCUT2D eigenvalue weighted by atomic mass is 10.1. The monoisotopic (exact) mass is 508 g/mol. The number of aromatic nitrogens is 2. The highest BCUT2D eigenvalue weighted by atomic mass is 79.9. The SMILES string of the molecule is CCC(c1ncc(C2CC2)c(=O)n1Cc1ccccc1)N(CCN)C(=O)c1ccc(Br)cc1. The minimum atomic E-state index is -0.366. The molecule has 172 valence electrons. The minimum absolute atomic E-state index is 0.00593. The fourth-order valence-electron chi connectivity index (χ4n) is 4.22. The van der Waals surface area contributed by atoms with Gasteiger partial charge in [0, 0.05) is 34.9 Å². The largest absolute Gasteiger partial charge is 0.329 e. The topological polar surface area (TPSA) is 81.2 Å². The van der Waals surface area contributed by atoms with E-state index in [0.717, 1.165) is 28.4 Å². The van der Waals surface area contributed by atoms with E-state index in [0.29, 0.717) is 43.4 Å². The summed E-state index contributed by atoms with van der Waals surface area (Å²) in [7, 11) is 0. The third kappa shape index (κ3) is 5.25. The Bertz CT molecular complexity index is 1160. The maximum Gasteiger partial charge on any atom is 0.257 e. The lowest BCUT2D eigenvalue weighted by molar-refractivity contribution is 0.0663. The molecule has 1 unspecified atom stereocenters. The normalized spacial score (nSPS) is 14.2. The molecular formula is C26H29BrN4O2. The van der Waals surface area contributed by atoms with Crippen molar-refractivity contribution in [3.05, 3.63) is 98.1 Å². The summed E-state index contributed by atoms with van der Waals surface area (Å²) >= 11 is 3.42. The summed E-state index contributed by atoms with van der Waals surface area (Å²) in [5.74, 6) is 0.784. The quantitative estimate of drug-likeness (QED) is 0.461. The average molecular weight is 509 g/mol. The number of hydrogen-bond donors (Lipinski definition) is 1. The van der Waals surface area contributed by atoms with Gasteiger partial charge in [-0.3, -0.25) is 14.2 Å². The van der Waals surface area contributed by atoms with Crippen LogP contribution in [0.3, 0.4) is 0 Å². The van der Waals surface area contributed by atoms with E-state index in [-0.39, 0.29) is 17.5 Å². The molecule has 6 nitrogen and oxygen atoms in total. The van der Waals surface area contributed by atoms with Crippen molar-refractivity contribution in [2.75, 3.05) is 13.1 Å². The second kappa shape index (κ2) is 10.4. The van der Waals surface area contributed by atoms with Gasteiger partial charge in [-0.2, -0.15) is 0 Å². The highest BCUT2D eigenvalue weighted by molar-refractivity contribution is 9.10. The van der Waals surface area contributed by atoms with Crippen molar-refractivity contribution in [1.29, 1.82) is 0 Å². The number of rotatable bonds is 9. The second-order valence-corrected chi connectivity index (χ2v) is 9.36. The van der Waals surface area contributed by atoms with Gasteiger partial charge in [0.1, 0.15) is 5.82 Å². The molecule has 1 aliphatic rings. The lowest BCUT2D eigenvalue weighted by Gasteiger charge is -2.32. The number of hydrogen-bond acceptors (Lipinski definition) is 4. The van der Waals surface area contributed by atoms with Gasteiger partial charge in [-0.15, -0.1) is 0 Å². The Labute approximate surface area is 202 Å². The van der Waals surface area contributed by atoms with Crippen LogP contribution in [0.15, 0.2) is 70.1 Å². The molecule has 0 saturated heterocycles. The van der Waals surface area contributed by atoms with E-state index in [1.54, 1.807) is 27.8 Å². The van der Waals surface area contributed by atoms with Crippen LogP contribution in [0.4, 0.5) is 0 Å². The molecule has 1 aromatic heterocycles. The van der Waals surface area contributed by atoms with Crippen LogP contribution in [0.2, 0.25) is 0 Å².